The molecule has 3 heterocycles. The minimum absolute atomic E-state index is 0.0365. The average Bonchev–Trinajstić information content (AvgIpc) is 2.88. The average molecular weight is 338 g/mol. The van der Waals surface area contributed by atoms with Crippen LogP contribution in [0.3, 0.4) is 0 Å². The summed E-state index contributed by atoms with van der Waals surface area (Å²) in [5, 5.41) is 6.93. The van der Waals surface area contributed by atoms with Gasteiger partial charge in [0.2, 0.25) is 0 Å². The van der Waals surface area contributed by atoms with Gasteiger partial charge in [0.05, 0.1) is 0 Å². The van der Waals surface area contributed by atoms with E-state index in [0.717, 1.165) is 26.2 Å². The molecule has 2 N–H and O–H groups in total. The highest BCUT2D eigenvalue weighted by molar-refractivity contribution is 7.92. The number of nitrogens with zero attached hydrogens (tertiary/aromatic N) is 4. The highest BCUT2D eigenvalue weighted by Crippen LogP contribution is 2.26. The zero-order chi connectivity index (χ0) is 16.4. The molecule has 2 aromatic heterocycles. The maximum absolute atomic E-state index is 12.6. The summed E-state index contributed by atoms with van der Waals surface area (Å²) in [6.45, 7) is 6.23. The van der Waals surface area contributed by atoms with Gasteiger partial charge in [-0.05, 0) is 13.8 Å². The molecule has 3 rings (SSSR count). The molecule has 2 aromatic rings. The lowest BCUT2D eigenvalue weighted by atomic mass is 10.3. The largest absolute Gasteiger partial charge is 0.360 e. The molecule has 10 heteroatoms. The highest BCUT2D eigenvalue weighted by Gasteiger charge is 2.27. The summed E-state index contributed by atoms with van der Waals surface area (Å²) in [6, 6.07) is 0. The second kappa shape index (κ2) is 6.13. The van der Waals surface area contributed by atoms with Gasteiger partial charge in [-0.25, -0.2) is 18.4 Å². The maximum Gasteiger partial charge on any atom is 0.268 e. The van der Waals surface area contributed by atoms with Gasteiger partial charge in [-0.2, -0.15) is 0 Å². The number of piperazine rings is 1. The fourth-order valence-corrected chi connectivity index (χ4v) is 3.89. The van der Waals surface area contributed by atoms with Crippen molar-refractivity contribution < 1.29 is 12.9 Å². The fraction of sp³-hybridized carbons (Fsp3) is 0.462. The van der Waals surface area contributed by atoms with E-state index >= 15 is 0 Å². The van der Waals surface area contributed by atoms with Crippen molar-refractivity contribution in [3.8, 4) is 0 Å². The Morgan fingerprint density at radius 2 is 1.91 bits per heavy atom. The zero-order valence-corrected chi connectivity index (χ0v) is 13.7. The third-order valence-electron chi connectivity index (χ3n) is 3.56. The third-order valence-corrected chi connectivity index (χ3v) is 5.15. The Balaban J connectivity index is 1.94. The molecule has 0 radical (unpaired) electrons. The first-order valence-electron chi connectivity index (χ1n) is 7.21. The molecule has 0 bridgehead atoms. The van der Waals surface area contributed by atoms with E-state index in [4.69, 9.17) is 4.52 Å². The van der Waals surface area contributed by atoms with E-state index in [0.29, 0.717) is 11.5 Å². The normalized spacial score (nSPS) is 15.7. The molecule has 0 atom stereocenters. The summed E-state index contributed by atoms with van der Waals surface area (Å²) in [5.41, 5.74) is 0.308. The molecule has 1 saturated heterocycles. The lowest BCUT2D eigenvalue weighted by Crippen LogP contribution is -2.44. The van der Waals surface area contributed by atoms with Crippen LogP contribution in [0.5, 0.6) is 0 Å². The van der Waals surface area contributed by atoms with Crippen LogP contribution in [0.2, 0.25) is 0 Å². The van der Waals surface area contributed by atoms with Crippen LogP contribution in [0.25, 0.3) is 0 Å². The fourth-order valence-electron chi connectivity index (χ4n) is 2.55. The van der Waals surface area contributed by atoms with Crippen molar-refractivity contribution in [2.24, 2.45) is 0 Å². The number of anilines is 2. The van der Waals surface area contributed by atoms with Crippen LogP contribution in [-0.2, 0) is 10.0 Å². The lowest BCUT2D eigenvalue weighted by molar-refractivity contribution is 0.390. The van der Waals surface area contributed by atoms with Gasteiger partial charge in [-0.3, -0.25) is 4.72 Å². The highest BCUT2D eigenvalue weighted by atomic mass is 32.2. The van der Waals surface area contributed by atoms with E-state index in [9.17, 15) is 8.42 Å². The molecule has 0 amide bonds. The minimum atomic E-state index is -3.84. The van der Waals surface area contributed by atoms with Crippen LogP contribution in [0.1, 0.15) is 11.5 Å². The van der Waals surface area contributed by atoms with E-state index in [1.165, 1.54) is 6.20 Å². The molecule has 124 valence electrons. The quantitative estimate of drug-likeness (QED) is 0.818. The first-order valence-corrected chi connectivity index (χ1v) is 8.70. The van der Waals surface area contributed by atoms with Crippen molar-refractivity contribution in [2.45, 2.75) is 18.7 Å². The van der Waals surface area contributed by atoms with Crippen LogP contribution in [-0.4, -0.2) is 49.7 Å². The van der Waals surface area contributed by atoms with Crippen molar-refractivity contribution in [3.05, 3.63) is 23.8 Å². The first-order chi connectivity index (χ1) is 11.0. The number of hydrogen-bond donors (Lipinski definition) is 2. The second-order valence-corrected chi connectivity index (χ2v) is 6.84. The van der Waals surface area contributed by atoms with Crippen molar-refractivity contribution in [2.75, 3.05) is 35.8 Å². The van der Waals surface area contributed by atoms with E-state index < -0.39 is 10.0 Å². The Morgan fingerprint density at radius 1 is 1.22 bits per heavy atom. The number of hydrogen-bond acceptors (Lipinski definition) is 8. The van der Waals surface area contributed by atoms with Gasteiger partial charge >= 0.3 is 0 Å². The van der Waals surface area contributed by atoms with Gasteiger partial charge in [-0.1, -0.05) is 5.16 Å². The van der Waals surface area contributed by atoms with Crippen LogP contribution in [0.4, 0.5) is 11.6 Å². The molecule has 0 saturated carbocycles. The molecule has 0 unspecified atom stereocenters. The van der Waals surface area contributed by atoms with E-state index in [2.05, 4.69) is 25.2 Å². The van der Waals surface area contributed by atoms with Gasteiger partial charge in [0.25, 0.3) is 10.0 Å². The predicted molar refractivity (Wildman–Crippen MR) is 83.9 cm³/mol. The second-order valence-electron chi connectivity index (χ2n) is 5.22. The van der Waals surface area contributed by atoms with Crippen LogP contribution in [0, 0.1) is 13.8 Å². The van der Waals surface area contributed by atoms with Crippen molar-refractivity contribution in [3.63, 3.8) is 0 Å². The Kier molecular flexibility index (Phi) is 4.18. The number of aromatic nitrogens is 3. The monoisotopic (exact) mass is 338 g/mol. The molecule has 23 heavy (non-hydrogen) atoms. The van der Waals surface area contributed by atoms with Crippen molar-refractivity contribution >= 4 is 21.7 Å². The van der Waals surface area contributed by atoms with Gasteiger partial charge in [0.15, 0.2) is 22.3 Å². The van der Waals surface area contributed by atoms with E-state index in [1.54, 1.807) is 20.0 Å². The van der Waals surface area contributed by atoms with Gasteiger partial charge in [-0.15, -0.1) is 0 Å². The number of sulfonamides is 1. The van der Waals surface area contributed by atoms with Crippen molar-refractivity contribution in [1.29, 1.82) is 0 Å². The lowest BCUT2D eigenvalue weighted by Gasteiger charge is -2.29. The van der Waals surface area contributed by atoms with Crippen LogP contribution < -0.4 is 14.9 Å². The van der Waals surface area contributed by atoms with Crippen LogP contribution >= 0.6 is 0 Å². The summed E-state index contributed by atoms with van der Waals surface area (Å²) in [6.07, 6.45) is 3.00. The summed E-state index contributed by atoms with van der Waals surface area (Å²) < 4.78 is 32.7. The molecule has 1 fully saturated rings. The van der Waals surface area contributed by atoms with Gasteiger partial charge < -0.3 is 14.7 Å². The Bertz CT molecular complexity index is 778. The molecule has 9 nitrogen and oxygen atoms in total. The number of nitrogens with one attached hydrogen (secondary N) is 2. The Hall–Kier alpha value is -2.20. The first kappa shape index (κ1) is 15.7. The summed E-state index contributed by atoms with van der Waals surface area (Å²) in [4.78, 5) is 10.5. The zero-order valence-electron chi connectivity index (χ0n) is 12.9. The standard InChI is InChI=1S/C13H18N6O3S/c1-9-11(10(2)22-17-9)23(20,21)18-12-13(16-4-3-15-12)19-7-5-14-6-8-19/h3-4,14H,5-8H2,1-2H3,(H,15,18). The summed E-state index contributed by atoms with van der Waals surface area (Å²) >= 11 is 0. The Labute approximate surface area is 134 Å². The maximum atomic E-state index is 12.6. The molecule has 1 aliphatic rings. The Morgan fingerprint density at radius 3 is 2.57 bits per heavy atom. The number of aryl methyl sites for hydroxylation is 2. The molecule has 0 spiro atoms. The molecule has 1 aliphatic heterocycles. The minimum Gasteiger partial charge on any atom is -0.360 e. The van der Waals surface area contributed by atoms with E-state index in [-0.39, 0.29) is 16.5 Å². The SMILES string of the molecule is Cc1noc(C)c1S(=O)(=O)Nc1nccnc1N1CCNCC1. The summed E-state index contributed by atoms with van der Waals surface area (Å²) in [7, 11) is -3.84. The van der Waals surface area contributed by atoms with Gasteiger partial charge in [0, 0.05) is 38.6 Å². The molecule has 0 aromatic carbocycles. The third kappa shape index (κ3) is 3.13. The van der Waals surface area contributed by atoms with Gasteiger partial charge in [0.1, 0.15) is 5.69 Å². The van der Waals surface area contributed by atoms with E-state index in [1.807, 2.05) is 4.90 Å². The molecular formula is C13H18N6O3S. The topological polar surface area (TPSA) is 113 Å². The number of rotatable bonds is 4. The molecule has 0 aliphatic carbocycles. The predicted octanol–water partition coefficient (Wildman–Crippen LogP) is 0.292. The molecular weight excluding hydrogens is 320 g/mol. The smallest absolute Gasteiger partial charge is 0.268 e. The summed E-state index contributed by atoms with van der Waals surface area (Å²) in [5.74, 6) is 0.960. The van der Waals surface area contributed by atoms with Crippen molar-refractivity contribution in [1.82, 2.24) is 20.4 Å². The van der Waals surface area contributed by atoms with Crippen LogP contribution in [0.15, 0.2) is 21.8 Å².